The van der Waals surface area contributed by atoms with Gasteiger partial charge in [-0.2, -0.15) is 0 Å². The van der Waals surface area contributed by atoms with E-state index in [1.54, 1.807) is 6.08 Å². The molecule has 0 aliphatic carbocycles. The molecular formula is C58H107NO5. The minimum atomic E-state index is -0.863. The van der Waals surface area contributed by atoms with Crippen LogP contribution < -0.4 is 5.32 Å². The third kappa shape index (κ3) is 49.3. The number of esters is 1. The second-order valence-electron chi connectivity index (χ2n) is 18.9. The van der Waals surface area contributed by atoms with E-state index in [9.17, 15) is 19.8 Å². The molecule has 2 unspecified atom stereocenters. The third-order valence-corrected chi connectivity index (χ3v) is 12.6. The van der Waals surface area contributed by atoms with E-state index in [4.69, 9.17) is 4.74 Å². The summed E-state index contributed by atoms with van der Waals surface area (Å²) in [5.41, 5.74) is 0. The second-order valence-corrected chi connectivity index (χ2v) is 18.9. The summed E-state index contributed by atoms with van der Waals surface area (Å²) in [4.78, 5) is 24.5. The number of unbranched alkanes of at least 4 members (excludes halogenated alkanes) is 34. The average molecular weight is 898 g/mol. The lowest BCUT2D eigenvalue weighted by Crippen LogP contribution is -2.45. The van der Waals surface area contributed by atoms with Crippen molar-refractivity contribution in [3.05, 3.63) is 48.6 Å². The van der Waals surface area contributed by atoms with E-state index in [1.165, 1.54) is 154 Å². The summed E-state index contributed by atoms with van der Waals surface area (Å²) in [6.07, 6.45) is 66.9. The van der Waals surface area contributed by atoms with E-state index in [2.05, 4.69) is 55.6 Å². The smallest absolute Gasteiger partial charge is 0.305 e. The number of hydrogen-bond donors (Lipinski definition) is 3. The second kappa shape index (κ2) is 53.4. The zero-order valence-corrected chi connectivity index (χ0v) is 42.5. The predicted molar refractivity (Wildman–Crippen MR) is 278 cm³/mol. The zero-order valence-electron chi connectivity index (χ0n) is 42.5. The molecule has 0 aromatic rings. The first-order valence-electron chi connectivity index (χ1n) is 27.9. The highest BCUT2D eigenvalue weighted by molar-refractivity contribution is 5.76. The fourth-order valence-corrected chi connectivity index (χ4v) is 8.23. The Bertz CT molecular complexity index is 1080. The molecule has 0 saturated heterocycles. The van der Waals surface area contributed by atoms with E-state index in [1.807, 2.05) is 6.08 Å². The van der Waals surface area contributed by atoms with Gasteiger partial charge in [0, 0.05) is 12.8 Å². The highest BCUT2D eigenvalue weighted by atomic mass is 16.5. The normalized spacial score (nSPS) is 13.0. The molecule has 0 aromatic carbocycles. The summed E-state index contributed by atoms with van der Waals surface area (Å²) in [6.45, 7) is 4.80. The quantitative estimate of drug-likeness (QED) is 0.0321. The largest absolute Gasteiger partial charge is 0.466 e. The Labute approximate surface area is 397 Å². The van der Waals surface area contributed by atoms with Gasteiger partial charge in [0.2, 0.25) is 5.91 Å². The number of amides is 1. The van der Waals surface area contributed by atoms with Gasteiger partial charge in [-0.3, -0.25) is 9.59 Å². The van der Waals surface area contributed by atoms with Crippen molar-refractivity contribution in [1.29, 1.82) is 0 Å². The summed E-state index contributed by atoms with van der Waals surface area (Å²) in [5, 5.41) is 23.1. The van der Waals surface area contributed by atoms with Crippen LogP contribution in [0.5, 0.6) is 0 Å². The molecule has 0 aliphatic rings. The van der Waals surface area contributed by atoms with Crippen LogP contribution in [0.4, 0.5) is 0 Å². The van der Waals surface area contributed by atoms with E-state index >= 15 is 0 Å². The maximum Gasteiger partial charge on any atom is 0.305 e. The average Bonchev–Trinajstić information content (AvgIpc) is 3.29. The van der Waals surface area contributed by atoms with Crippen LogP contribution in [0.25, 0.3) is 0 Å². The van der Waals surface area contributed by atoms with Crippen LogP contribution in [0.2, 0.25) is 0 Å². The molecule has 2 atom stereocenters. The molecule has 0 aliphatic heterocycles. The Hall–Kier alpha value is -2.18. The fourth-order valence-electron chi connectivity index (χ4n) is 8.23. The number of ether oxygens (including phenoxy) is 1. The van der Waals surface area contributed by atoms with E-state index in [-0.39, 0.29) is 18.5 Å². The topological polar surface area (TPSA) is 95.9 Å². The van der Waals surface area contributed by atoms with E-state index < -0.39 is 12.1 Å². The number of aliphatic hydroxyl groups is 2. The SMILES string of the molecule is CCCC/C=C\C/C=C\CCCCCCCC(=O)OCCCCC/C=C\CCCCCCCC(=O)NC(CO)C(O)/C=C/CCCCCCCCCCCCCCCCCCCCC. The summed E-state index contributed by atoms with van der Waals surface area (Å²) in [7, 11) is 0. The van der Waals surface area contributed by atoms with Crippen molar-refractivity contribution >= 4 is 11.9 Å². The summed E-state index contributed by atoms with van der Waals surface area (Å²) in [5.74, 6) is -0.133. The lowest BCUT2D eigenvalue weighted by molar-refractivity contribution is -0.143. The molecule has 0 aromatic heterocycles. The Morgan fingerprint density at radius 3 is 1.25 bits per heavy atom. The maximum atomic E-state index is 12.5. The molecule has 0 radical (unpaired) electrons. The minimum absolute atomic E-state index is 0.0393. The van der Waals surface area contributed by atoms with Gasteiger partial charge in [-0.15, -0.1) is 0 Å². The number of aliphatic hydroxyl groups excluding tert-OH is 2. The molecule has 0 bridgehead atoms. The molecule has 0 fully saturated rings. The predicted octanol–water partition coefficient (Wildman–Crippen LogP) is 17.0. The number of allylic oxidation sites excluding steroid dienone is 7. The fraction of sp³-hybridized carbons (Fsp3) is 0.828. The van der Waals surface area contributed by atoms with Gasteiger partial charge in [0.25, 0.3) is 0 Å². The molecule has 374 valence electrons. The molecule has 1 amide bonds. The number of carbonyl (C=O) groups is 2. The summed E-state index contributed by atoms with van der Waals surface area (Å²) >= 11 is 0. The van der Waals surface area contributed by atoms with Crippen molar-refractivity contribution in [1.82, 2.24) is 5.32 Å². The number of hydrogen-bond acceptors (Lipinski definition) is 5. The molecule has 0 spiro atoms. The molecule has 64 heavy (non-hydrogen) atoms. The first-order chi connectivity index (χ1) is 31.5. The van der Waals surface area contributed by atoms with E-state index in [0.717, 1.165) is 103 Å². The van der Waals surface area contributed by atoms with Crippen molar-refractivity contribution in [3.63, 3.8) is 0 Å². The van der Waals surface area contributed by atoms with Gasteiger partial charge in [-0.05, 0) is 89.9 Å². The zero-order chi connectivity index (χ0) is 46.5. The molecule has 0 rings (SSSR count). The van der Waals surface area contributed by atoms with Crippen molar-refractivity contribution in [2.45, 2.75) is 296 Å². The Morgan fingerprint density at radius 1 is 0.438 bits per heavy atom. The summed E-state index contributed by atoms with van der Waals surface area (Å²) < 4.78 is 5.43. The first kappa shape index (κ1) is 61.8. The number of rotatable bonds is 51. The lowest BCUT2D eigenvalue weighted by Gasteiger charge is -2.20. The van der Waals surface area contributed by atoms with Crippen LogP contribution in [0.1, 0.15) is 284 Å². The van der Waals surface area contributed by atoms with Crippen molar-refractivity contribution in [2.75, 3.05) is 13.2 Å². The van der Waals surface area contributed by atoms with Gasteiger partial charge in [0.05, 0.1) is 25.4 Å². The van der Waals surface area contributed by atoms with Crippen LogP contribution in [0.15, 0.2) is 48.6 Å². The summed E-state index contributed by atoms with van der Waals surface area (Å²) in [6, 6.07) is -0.649. The highest BCUT2D eigenvalue weighted by Gasteiger charge is 2.18. The Kier molecular flexibility index (Phi) is 51.6. The first-order valence-corrected chi connectivity index (χ1v) is 27.9. The van der Waals surface area contributed by atoms with Gasteiger partial charge in [-0.1, -0.05) is 229 Å². The molecule has 0 heterocycles. The monoisotopic (exact) mass is 898 g/mol. The minimum Gasteiger partial charge on any atom is -0.466 e. The van der Waals surface area contributed by atoms with E-state index in [0.29, 0.717) is 19.4 Å². The molecule has 6 heteroatoms. The lowest BCUT2D eigenvalue weighted by atomic mass is 10.0. The van der Waals surface area contributed by atoms with Gasteiger partial charge in [-0.25, -0.2) is 0 Å². The molecular weight excluding hydrogens is 791 g/mol. The van der Waals surface area contributed by atoms with Gasteiger partial charge < -0.3 is 20.3 Å². The number of nitrogens with one attached hydrogen (secondary N) is 1. The van der Waals surface area contributed by atoms with Crippen molar-refractivity contribution in [2.24, 2.45) is 0 Å². The van der Waals surface area contributed by atoms with Crippen molar-refractivity contribution < 1.29 is 24.5 Å². The molecule has 0 saturated carbocycles. The third-order valence-electron chi connectivity index (χ3n) is 12.6. The van der Waals surface area contributed by atoms with Gasteiger partial charge in [0.1, 0.15) is 0 Å². The van der Waals surface area contributed by atoms with Gasteiger partial charge >= 0.3 is 5.97 Å². The van der Waals surface area contributed by atoms with Crippen LogP contribution >= 0.6 is 0 Å². The van der Waals surface area contributed by atoms with Crippen molar-refractivity contribution in [3.8, 4) is 0 Å². The number of carbonyl (C=O) groups excluding carboxylic acids is 2. The van der Waals surface area contributed by atoms with Crippen LogP contribution in [-0.4, -0.2) is 47.4 Å². The van der Waals surface area contributed by atoms with Crippen LogP contribution in [0, 0.1) is 0 Å². The molecule has 6 nitrogen and oxygen atoms in total. The standard InChI is InChI=1S/C58H107NO5/c1-3-5-7-9-11-13-15-17-19-20-21-22-23-24-25-26-30-34-38-42-46-50-56(61)55(54-60)59-57(62)51-47-43-39-35-31-28-29-33-37-41-45-49-53-64-58(63)52-48-44-40-36-32-27-18-16-14-12-10-8-6-4-2/h10,12,16,18,29,33,46,50,55-56,60-61H,3-9,11,13-15,17,19-28,30-32,34-45,47-49,51-54H2,1-2H3,(H,59,62)/b12-10-,18-16-,33-29-,50-46+. The Balaban J connectivity index is 3.56. The Morgan fingerprint density at radius 2 is 0.797 bits per heavy atom. The van der Waals surface area contributed by atoms with Crippen LogP contribution in [-0.2, 0) is 14.3 Å². The van der Waals surface area contributed by atoms with Gasteiger partial charge in [0.15, 0.2) is 0 Å². The molecule has 3 N–H and O–H groups in total. The maximum absolute atomic E-state index is 12.5. The highest BCUT2D eigenvalue weighted by Crippen LogP contribution is 2.16. The van der Waals surface area contributed by atoms with Crippen LogP contribution in [0.3, 0.4) is 0 Å².